The number of aliphatic hydroxyl groups is 6. The van der Waals surface area contributed by atoms with Crippen LogP contribution in [-0.2, 0) is 96.3 Å². The molecule has 2 aliphatic carbocycles. The number of carbonyl (C=O) groups is 8. The predicted octanol–water partition coefficient (Wildman–Crippen LogP) is 13.4. The Morgan fingerprint density at radius 1 is 0.435 bits per heavy atom. The van der Waals surface area contributed by atoms with Gasteiger partial charge < -0.3 is 78.3 Å². The molecule has 8 rings (SSSR count). The number of carbonyl (C=O) groups excluding carboxylic acids is 8. The first-order valence-electron chi connectivity index (χ1n) is 51.3. The second kappa shape index (κ2) is 56.3. The van der Waals surface area contributed by atoms with E-state index in [9.17, 15) is 85.8 Å². The Bertz CT molecular complexity index is 4180. The van der Waals surface area contributed by atoms with Crippen LogP contribution in [-0.4, -0.2) is 266 Å². The van der Waals surface area contributed by atoms with Crippen LogP contribution in [0, 0.1) is 71.0 Å². The summed E-state index contributed by atoms with van der Waals surface area (Å²) >= 11 is 0. The molecule has 30 atom stereocenters. The van der Waals surface area contributed by atoms with Crippen molar-refractivity contribution in [3.63, 3.8) is 0 Å². The largest absolute Gasteiger partial charge is 0.461 e. The van der Waals surface area contributed by atoms with Crippen LogP contribution < -0.4 is 9.44 Å². The number of nitrogens with one attached hydrogen (secondary N) is 2. The number of esters is 2. The second-order valence-corrected chi connectivity index (χ2v) is 45.6. The molecule has 0 aromatic carbocycles. The number of sulfonamides is 2. The van der Waals surface area contributed by atoms with E-state index in [4.69, 9.17) is 37.9 Å². The number of cyclic esters (lactones) is 2. The fraction of sp³-hybridized carbons (Fsp3) is 0.774. The zero-order valence-electron chi connectivity index (χ0n) is 86.3. The number of piperidine rings is 2. The van der Waals surface area contributed by atoms with Gasteiger partial charge in [-0.1, -0.05) is 167 Å². The van der Waals surface area contributed by atoms with Gasteiger partial charge in [0.1, 0.15) is 48.7 Å². The maximum absolute atomic E-state index is 14.5. The van der Waals surface area contributed by atoms with E-state index in [0.717, 1.165) is 12.8 Å². The maximum atomic E-state index is 14.5. The Balaban J connectivity index is 0.000000376. The lowest BCUT2D eigenvalue weighted by Crippen LogP contribution is -2.61. The van der Waals surface area contributed by atoms with E-state index < -0.39 is 176 Å². The first kappa shape index (κ1) is 119. The Labute approximate surface area is 824 Å². The lowest BCUT2D eigenvalue weighted by Gasteiger charge is -2.43. The molecule has 0 radical (unpaired) electrons. The molecule has 0 aromatic heterocycles. The van der Waals surface area contributed by atoms with E-state index in [-0.39, 0.29) is 121 Å². The molecule has 4 bridgehead atoms. The number of methoxy groups -OCH3 is 4. The van der Waals surface area contributed by atoms with Gasteiger partial charge in [0.2, 0.25) is 31.6 Å². The fourth-order valence-corrected chi connectivity index (χ4v) is 24.2. The molecule has 0 spiro atoms. The van der Waals surface area contributed by atoms with Gasteiger partial charge in [0.25, 0.3) is 23.4 Å². The number of Topliss-reactive ketones (excluding diaryl/α,β-unsaturated/α-hetero) is 4. The number of allylic oxidation sites excluding steroid dienone is 12. The molecule has 30 nitrogen and oxygen atoms in total. The summed E-state index contributed by atoms with van der Waals surface area (Å²) in [6.45, 7) is 29.9. The Morgan fingerprint density at radius 3 is 1.14 bits per heavy atom. The number of ether oxygens (including phenoxy) is 8. The third-order valence-electron chi connectivity index (χ3n) is 30.2. The average molecular weight is 1980 g/mol. The average Bonchev–Trinajstić information content (AvgIpc) is 0.772. The SMILES string of the molecule is CCCS(=O)(=O)N[C@@H]1C[C@@H]2CC[C@@H](C)[C@@](O)(O2)C(=O)C(=O)N2CCCC[C@H]2C(=O)O[C@H]([C@H](C)C[C@@H]2CC[C@@H](O)[C@H](OC)C2)CC[C@H](C)/C=C(\C)[C@@H](O)[C@@H](OC)C(=O)[C@H](C)C[C@H](C)/C=C/C=CC=C1C.CCCS(=O)(=O)N[C@H]1C[C@@H]2CC[C@@H](C)[C@@](O)(O2)C(=O)C(=O)N2CCCC[C@H]2C(=O)O[C@H]([C@H](C)C[C@@H]2CC[C@@H](O)[C@H](OC)C2)CC[C@H](C)/C=C(\C)[C@@H](O)[C@@H](OC)C(=O)[C@H](C)C[C@H](C)/C=C/C=CC=C1C. The van der Waals surface area contributed by atoms with Crippen LogP contribution in [0.4, 0.5) is 0 Å². The lowest BCUT2D eigenvalue weighted by molar-refractivity contribution is -0.264. The minimum atomic E-state index is -3.73. The van der Waals surface area contributed by atoms with Gasteiger partial charge in [0.05, 0.1) is 48.1 Å². The monoisotopic (exact) mass is 1980 g/mol. The summed E-state index contributed by atoms with van der Waals surface area (Å²) in [4.78, 5) is 116. The third-order valence-corrected chi connectivity index (χ3v) is 33.3. The van der Waals surface area contributed by atoms with Crippen LogP contribution in [0.5, 0.6) is 0 Å². The van der Waals surface area contributed by atoms with Gasteiger partial charge in [0, 0.05) is 77.3 Å². The van der Waals surface area contributed by atoms with E-state index in [1.165, 1.54) is 24.0 Å². The molecule has 2 saturated carbocycles. The first-order chi connectivity index (χ1) is 65.1. The molecule has 8 N–H and O–H groups in total. The Morgan fingerprint density at radius 2 is 0.797 bits per heavy atom. The molecule has 6 heterocycles. The Kier molecular flexibility index (Phi) is 48.5. The van der Waals surface area contributed by atoms with E-state index in [2.05, 4.69) is 9.44 Å². The number of hydrogen-bond acceptors (Lipinski definition) is 26. The molecule has 6 fully saturated rings. The number of rotatable bonds is 18. The van der Waals surface area contributed by atoms with Crippen LogP contribution in [0.3, 0.4) is 0 Å². The molecule has 784 valence electrons. The van der Waals surface area contributed by atoms with Gasteiger partial charge in [0.15, 0.2) is 11.6 Å². The van der Waals surface area contributed by atoms with Crippen molar-refractivity contribution in [3.05, 3.63) is 95.2 Å². The van der Waals surface area contributed by atoms with Gasteiger partial charge in [-0.2, -0.15) is 0 Å². The van der Waals surface area contributed by atoms with Gasteiger partial charge in [-0.05, 0) is 266 Å². The summed E-state index contributed by atoms with van der Waals surface area (Å²) < 4.78 is 106. The van der Waals surface area contributed by atoms with Crippen LogP contribution in [0.2, 0.25) is 0 Å². The van der Waals surface area contributed by atoms with Crippen LogP contribution in [0.25, 0.3) is 0 Å². The molecular weight excluding hydrogens is 1810 g/mol. The molecule has 8 aliphatic rings. The lowest BCUT2D eigenvalue weighted by atomic mass is 9.78. The first-order valence-corrected chi connectivity index (χ1v) is 54.6. The highest BCUT2D eigenvalue weighted by Gasteiger charge is 2.56. The number of aliphatic hydroxyl groups excluding tert-OH is 4. The van der Waals surface area contributed by atoms with Crippen molar-refractivity contribution in [2.45, 2.75) is 400 Å². The number of fused-ring (bicyclic) bond motifs is 6. The quantitative estimate of drug-likeness (QED) is 0.0359. The van der Waals surface area contributed by atoms with E-state index in [1.807, 2.05) is 104 Å². The topological polar surface area (TPSA) is 431 Å². The summed E-state index contributed by atoms with van der Waals surface area (Å²) in [5.41, 5.74) is 2.48. The molecular formula is C106H172N4O26S2. The molecule has 0 unspecified atom stereocenters. The zero-order chi connectivity index (χ0) is 102. The van der Waals surface area contributed by atoms with Crippen molar-refractivity contribution in [2.75, 3.05) is 53.0 Å². The van der Waals surface area contributed by atoms with Crippen LogP contribution in [0.15, 0.2) is 95.2 Å². The van der Waals surface area contributed by atoms with Gasteiger partial charge in [-0.15, -0.1) is 0 Å². The second-order valence-electron chi connectivity index (χ2n) is 41.9. The molecule has 6 aliphatic heterocycles. The van der Waals surface area contributed by atoms with E-state index in [0.29, 0.717) is 164 Å². The number of nitrogens with zero attached hydrogens (tertiary/aromatic N) is 2. The highest BCUT2D eigenvalue weighted by Crippen LogP contribution is 2.42. The smallest absolute Gasteiger partial charge is 0.329 e. The maximum Gasteiger partial charge on any atom is 0.329 e. The van der Waals surface area contributed by atoms with Crippen molar-refractivity contribution in [2.24, 2.45) is 71.0 Å². The summed E-state index contributed by atoms with van der Waals surface area (Å²) in [7, 11) is -1.42. The summed E-state index contributed by atoms with van der Waals surface area (Å²) in [6.07, 6.45) is 26.9. The third kappa shape index (κ3) is 34.5. The molecule has 138 heavy (non-hydrogen) atoms. The van der Waals surface area contributed by atoms with Crippen LogP contribution in [0.1, 0.15) is 291 Å². The zero-order valence-corrected chi connectivity index (χ0v) is 87.9. The van der Waals surface area contributed by atoms with Crippen molar-refractivity contribution in [1.82, 2.24) is 19.2 Å². The summed E-state index contributed by atoms with van der Waals surface area (Å²) in [5, 5.41) is 68.2. The summed E-state index contributed by atoms with van der Waals surface area (Å²) in [6, 6.07) is -3.70. The van der Waals surface area contributed by atoms with Crippen molar-refractivity contribution in [1.29, 1.82) is 0 Å². The predicted molar refractivity (Wildman–Crippen MR) is 530 cm³/mol. The van der Waals surface area contributed by atoms with Crippen LogP contribution >= 0.6 is 0 Å². The normalized spacial score (nSPS) is 37.8. The van der Waals surface area contributed by atoms with Gasteiger partial charge in [-0.3, -0.25) is 28.8 Å². The molecule has 0 aromatic rings. The van der Waals surface area contributed by atoms with Crippen molar-refractivity contribution < 1.29 is 124 Å². The standard InChI is InChI=1S/2C53H86N2O13S/c2*1-11-27-69(63,64)54-42-32-41-23-21-39(8)53(62,68-41)50(59)51(60)55-26-16-15-19-43(55)52(61)67-45(36(5)30-40-22-24-44(56)46(31-40)65-9)25-20-34(3)29-38(7)48(58)49(66-10)47(57)37(6)28-33(2)17-13-12-14-18-35(42)4/h2*12-14,17-18,29,33-34,36-37,39-46,48-49,54,56,58,62H,11,15-16,19-28,30-32H2,1-10H3/b2*14-12?,17-13+,35-18?,38-29+/t33-,34+,36-,37-,39-,40+,41+,42+,43+,44-,45+,46-,48-,49+,53-;33-,34+,36-,37-,39-,40+,41+,42-,43+,44-,45+,46-,48-,49+,53-/m11/s1. The minimum absolute atomic E-state index is 0.00916. The fourth-order valence-electron chi connectivity index (χ4n) is 21.5. The van der Waals surface area contributed by atoms with Crippen molar-refractivity contribution in [3.8, 4) is 0 Å². The van der Waals surface area contributed by atoms with Gasteiger partial charge >= 0.3 is 11.9 Å². The van der Waals surface area contributed by atoms with E-state index in [1.54, 1.807) is 93.9 Å². The molecule has 32 heteroatoms. The number of ketones is 4. The molecule has 2 amide bonds. The Hall–Kier alpha value is -6.18. The number of amides is 2. The number of hydrogen-bond donors (Lipinski definition) is 8. The highest BCUT2D eigenvalue weighted by molar-refractivity contribution is 7.89. The van der Waals surface area contributed by atoms with Crippen molar-refractivity contribution >= 4 is 66.9 Å². The highest BCUT2D eigenvalue weighted by atomic mass is 32.2. The van der Waals surface area contributed by atoms with E-state index >= 15 is 0 Å². The minimum Gasteiger partial charge on any atom is -0.461 e. The van der Waals surface area contributed by atoms with Gasteiger partial charge in [-0.25, -0.2) is 35.9 Å². The molecule has 4 saturated heterocycles. The summed E-state index contributed by atoms with van der Waals surface area (Å²) in [5.74, 6) is -13.9.